The van der Waals surface area contributed by atoms with Gasteiger partial charge in [0.2, 0.25) is 5.91 Å². The molecule has 3 N–H and O–H groups in total. The van der Waals surface area contributed by atoms with Gasteiger partial charge in [-0.2, -0.15) is 8.42 Å². The molecule has 0 aliphatic heterocycles. The van der Waals surface area contributed by atoms with E-state index < -0.39 is 40.8 Å². The zero-order valence-corrected chi connectivity index (χ0v) is 13.3. The van der Waals surface area contributed by atoms with Gasteiger partial charge in [0.15, 0.2) is 0 Å². The summed E-state index contributed by atoms with van der Waals surface area (Å²) >= 11 is 0. The van der Waals surface area contributed by atoms with E-state index in [1.807, 2.05) is 0 Å². The summed E-state index contributed by atoms with van der Waals surface area (Å²) < 4.78 is 34.0. The van der Waals surface area contributed by atoms with Gasteiger partial charge in [-0.25, -0.2) is 0 Å². The van der Waals surface area contributed by atoms with Crippen LogP contribution in [0, 0.1) is 0 Å². The summed E-state index contributed by atoms with van der Waals surface area (Å²) in [5.74, 6) is -2.71. The van der Waals surface area contributed by atoms with Crippen molar-refractivity contribution in [3.8, 4) is 5.75 Å². The van der Waals surface area contributed by atoms with Crippen molar-refractivity contribution in [2.75, 3.05) is 6.54 Å². The molecule has 1 amide bonds. The lowest BCUT2D eigenvalue weighted by atomic mass is 10.1. The van der Waals surface area contributed by atoms with Crippen molar-refractivity contribution in [3.05, 3.63) is 29.8 Å². The number of carboxylic acids is 1. The quantitative estimate of drug-likeness (QED) is 0.294. The van der Waals surface area contributed by atoms with E-state index in [0.29, 0.717) is 5.56 Å². The SMILES string of the molecule is CC([O-])=N[C@@H](Cc1ccc(OS(=O)(=O)O)cc1)C(=O)NCC(=O)O. The van der Waals surface area contributed by atoms with Crippen LogP contribution >= 0.6 is 0 Å². The van der Waals surface area contributed by atoms with Crippen molar-refractivity contribution in [1.29, 1.82) is 0 Å². The number of rotatable bonds is 8. The Morgan fingerprint density at radius 1 is 1.33 bits per heavy atom. The molecule has 0 spiro atoms. The second kappa shape index (κ2) is 8.26. The van der Waals surface area contributed by atoms with Crippen LogP contribution in [0.15, 0.2) is 29.3 Å². The van der Waals surface area contributed by atoms with Crippen LogP contribution in [0.2, 0.25) is 0 Å². The maximum absolute atomic E-state index is 11.9. The minimum atomic E-state index is -4.64. The van der Waals surface area contributed by atoms with E-state index in [-0.39, 0.29) is 12.2 Å². The third-order valence-corrected chi connectivity index (χ3v) is 3.01. The first kappa shape index (κ1) is 19.4. The summed E-state index contributed by atoms with van der Waals surface area (Å²) in [4.78, 5) is 26.0. The Morgan fingerprint density at radius 2 is 1.92 bits per heavy atom. The Bertz CT molecular complexity index is 723. The lowest BCUT2D eigenvalue weighted by molar-refractivity contribution is -0.216. The van der Waals surface area contributed by atoms with Gasteiger partial charge in [-0.05, 0) is 30.5 Å². The van der Waals surface area contributed by atoms with E-state index in [1.165, 1.54) is 24.3 Å². The molecule has 132 valence electrons. The van der Waals surface area contributed by atoms with Crippen molar-refractivity contribution >= 4 is 28.2 Å². The zero-order chi connectivity index (χ0) is 18.3. The minimum absolute atomic E-state index is 0.0167. The molecule has 1 aromatic carbocycles. The number of carbonyl (C=O) groups excluding carboxylic acids is 1. The van der Waals surface area contributed by atoms with E-state index in [2.05, 4.69) is 14.5 Å². The first-order chi connectivity index (χ1) is 11.1. The Hall–Kier alpha value is -2.66. The van der Waals surface area contributed by atoms with Gasteiger partial charge in [0.1, 0.15) is 18.3 Å². The molecule has 0 radical (unpaired) electrons. The molecule has 11 heteroatoms. The number of amides is 1. The molecule has 1 aromatic rings. The number of nitrogens with one attached hydrogen (secondary N) is 1. The number of hydrogen-bond donors (Lipinski definition) is 3. The third kappa shape index (κ3) is 7.56. The van der Waals surface area contributed by atoms with Gasteiger partial charge in [-0.1, -0.05) is 12.1 Å². The van der Waals surface area contributed by atoms with Gasteiger partial charge < -0.3 is 19.7 Å². The second-order valence-corrected chi connectivity index (χ2v) is 5.66. The van der Waals surface area contributed by atoms with Crippen LogP contribution in [0.5, 0.6) is 5.75 Å². The topological polar surface area (TPSA) is 165 Å². The van der Waals surface area contributed by atoms with Crippen LogP contribution in [-0.2, 0) is 26.4 Å². The Morgan fingerprint density at radius 3 is 2.38 bits per heavy atom. The van der Waals surface area contributed by atoms with Crippen LogP contribution < -0.4 is 14.6 Å². The highest BCUT2D eigenvalue weighted by Crippen LogP contribution is 2.15. The molecular weight excluding hydrogens is 344 g/mol. The van der Waals surface area contributed by atoms with E-state index in [1.54, 1.807) is 0 Å². The number of nitrogens with zero attached hydrogens (tertiary/aromatic N) is 1. The summed E-state index contributed by atoms with van der Waals surface area (Å²) in [6.45, 7) is 0.546. The lowest BCUT2D eigenvalue weighted by Gasteiger charge is -2.15. The third-order valence-electron chi connectivity index (χ3n) is 2.61. The van der Waals surface area contributed by atoms with Crippen molar-refractivity contribution < 1.29 is 37.0 Å². The van der Waals surface area contributed by atoms with Crippen LogP contribution in [0.1, 0.15) is 12.5 Å². The number of carbonyl (C=O) groups is 2. The number of aliphatic carboxylic acids is 1. The molecule has 1 atom stereocenters. The fraction of sp³-hybridized carbons (Fsp3) is 0.308. The van der Waals surface area contributed by atoms with Gasteiger partial charge in [0.05, 0.1) is 0 Å². The molecule has 10 nitrogen and oxygen atoms in total. The fourth-order valence-electron chi connectivity index (χ4n) is 1.72. The molecule has 0 saturated heterocycles. The van der Waals surface area contributed by atoms with E-state index in [0.717, 1.165) is 6.92 Å². The molecule has 0 unspecified atom stereocenters. The highest BCUT2D eigenvalue weighted by atomic mass is 32.3. The monoisotopic (exact) mass is 359 g/mol. The average Bonchev–Trinajstić information content (AvgIpc) is 2.44. The van der Waals surface area contributed by atoms with Crippen LogP contribution in [0.25, 0.3) is 0 Å². The van der Waals surface area contributed by atoms with Crippen LogP contribution in [0.4, 0.5) is 0 Å². The summed E-state index contributed by atoms with van der Waals surface area (Å²) in [5.41, 5.74) is 0.512. The summed E-state index contributed by atoms with van der Waals surface area (Å²) in [5, 5.41) is 21.8. The summed E-state index contributed by atoms with van der Waals surface area (Å²) in [7, 11) is -4.64. The molecule has 0 heterocycles. The zero-order valence-electron chi connectivity index (χ0n) is 12.5. The van der Waals surface area contributed by atoms with Gasteiger partial charge in [0, 0.05) is 6.42 Å². The van der Waals surface area contributed by atoms with Crippen molar-refractivity contribution in [3.63, 3.8) is 0 Å². The maximum Gasteiger partial charge on any atom is 0.446 e. The predicted molar refractivity (Wildman–Crippen MR) is 79.9 cm³/mol. The first-order valence-electron chi connectivity index (χ1n) is 6.53. The van der Waals surface area contributed by atoms with E-state index in [9.17, 15) is 23.1 Å². The molecular formula is C13H15N2O8S-. The Balaban J connectivity index is 2.85. The molecule has 0 bridgehead atoms. The standard InChI is InChI=1S/C13H16N2O8S/c1-8(16)15-11(13(19)14-7-12(17)18)6-9-2-4-10(5-3-9)23-24(20,21)22/h2-5,11H,6-7H2,1H3,(H,14,19)(H,15,16)(H,17,18)(H,20,21,22)/p-1/t11-/m0/s1. The largest absolute Gasteiger partial charge is 0.862 e. The number of aliphatic imine (C=N–C) groups is 1. The highest BCUT2D eigenvalue weighted by Gasteiger charge is 2.18. The second-order valence-electron chi connectivity index (χ2n) is 4.63. The minimum Gasteiger partial charge on any atom is -0.862 e. The first-order valence-corrected chi connectivity index (χ1v) is 7.90. The molecule has 0 fully saturated rings. The van der Waals surface area contributed by atoms with Crippen LogP contribution in [-0.4, -0.2) is 48.4 Å². The average molecular weight is 359 g/mol. The van der Waals surface area contributed by atoms with Crippen LogP contribution in [0.3, 0.4) is 0 Å². The summed E-state index contributed by atoms with van der Waals surface area (Å²) in [6, 6.07) is 4.17. The van der Waals surface area contributed by atoms with Gasteiger partial charge in [0.25, 0.3) is 0 Å². The molecule has 1 rings (SSSR count). The van der Waals surface area contributed by atoms with Gasteiger partial charge >= 0.3 is 16.4 Å². The predicted octanol–water partition coefficient (Wildman–Crippen LogP) is -1.24. The van der Waals surface area contributed by atoms with Gasteiger partial charge in [-0.3, -0.25) is 19.1 Å². The highest BCUT2D eigenvalue weighted by molar-refractivity contribution is 7.81. The lowest BCUT2D eigenvalue weighted by Crippen LogP contribution is -2.39. The van der Waals surface area contributed by atoms with Crippen molar-refractivity contribution in [2.24, 2.45) is 4.99 Å². The van der Waals surface area contributed by atoms with E-state index >= 15 is 0 Å². The van der Waals surface area contributed by atoms with Crippen molar-refractivity contribution in [1.82, 2.24) is 5.32 Å². The number of hydrogen-bond acceptors (Lipinski definition) is 7. The van der Waals surface area contributed by atoms with Crippen molar-refractivity contribution in [2.45, 2.75) is 19.4 Å². The van der Waals surface area contributed by atoms with E-state index in [4.69, 9.17) is 9.66 Å². The molecule has 0 aromatic heterocycles. The molecule has 0 aliphatic rings. The molecule has 24 heavy (non-hydrogen) atoms. The Kier molecular flexibility index (Phi) is 6.68. The van der Waals surface area contributed by atoms with Gasteiger partial charge in [-0.15, -0.1) is 0 Å². The fourth-order valence-corrected chi connectivity index (χ4v) is 2.08. The Labute approximate surface area is 137 Å². The molecule has 0 saturated carbocycles. The molecule has 0 aliphatic carbocycles. The summed E-state index contributed by atoms with van der Waals surface area (Å²) in [6.07, 6.45) is -0.0167. The smallest absolute Gasteiger partial charge is 0.446 e. The maximum atomic E-state index is 11.9. The normalized spacial score (nSPS) is 13.2. The number of benzene rings is 1. The number of carboxylic acid groups (broad SMARTS) is 1.